The third-order valence-corrected chi connectivity index (χ3v) is 7.45. The van der Waals surface area contributed by atoms with Gasteiger partial charge in [0.05, 0.1) is 37.5 Å². The number of carbonyl (C=O) groups is 1. The highest BCUT2D eigenvalue weighted by atomic mass is 32.2. The Morgan fingerprint density at radius 1 is 1.17 bits per heavy atom. The van der Waals surface area contributed by atoms with Gasteiger partial charge in [-0.1, -0.05) is 12.1 Å². The highest BCUT2D eigenvalue weighted by molar-refractivity contribution is 7.91. The van der Waals surface area contributed by atoms with Crippen molar-refractivity contribution in [3.63, 3.8) is 0 Å². The maximum absolute atomic E-state index is 13.9. The molecule has 29 heavy (non-hydrogen) atoms. The molecule has 154 valence electrons. The van der Waals surface area contributed by atoms with E-state index in [1.54, 1.807) is 41.3 Å². The average molecular weight is 419 g/mol. The van der Waals surface area contributed by atoms with Gasteiger partial charge in [0.25, 0.3) is 0 Å². The standard InChI is InChI=1S/C21H23FN2O4S/c22-19-4-2-1-3-18(19)20-7-5-17(28-20)6-8-21(25)24-12-10-23(11-13-24)16-9-14-29(26,27)15-16/h1-8,16H,9-15H2/p+1/b8-6+/t16-/m0/s1. The summed E-state index contributed by atoms with van der Waals surface area (Å²) in [6.45, 7) is 2.73. The third-order valence-electron chi connectivity index (χ3n) is 5.68. The zero-order valence-electron chi connectivity index (χ0n) is 16.0. The topological polar surface area (TPSA) is 72.0 Å². The van der Waals surface area contributed by atoms with E-state index in [4.69, 9.17) is 4.42 Å². The van der Waals surface area contributed by atoms with E-state index in [2.05, 4.69) is 0 Å². The highest BCUT2D eigenvalue weighted by Crippen LogP contribution is 2.25. The number of carbonyl (C=O) groups excluding carboxylic acids is 1. The van der Waals surface area contributed by atoms with Crippen LogP contribution in [0.15, 0.2) is 46.9 Å². The number of halogens is 1. The number of rotatable bonds is 4. The first-order valence-electron chi connectivity index (χ1n) is 9.78. The maximum Gasteiger partial charge on any atom is 0.247 e. The molecule has 8 heteroatoms. The van der Waals surface area contributed by atoms with E-state index >= 15 is 0 Å². The van der Waals surface area contributed by atoms with Crippen molar-refractivity contribution in [2.75, 3.05) is 37.7 Å². The van der Waals surface area contributed by atoms with Crippen molar-refractivity contribution in [3.8, 4) is 11.3 Å². The van der Waals surface area contributed by atoms with Gasteiger partial charge >= 0.3 is 0 Å². The zero-order valence-corrected chi connectivity index (χ0v) is 16.8. The maximum atomic E-state index is 13.9. The molecule has 0 unspecified atom stereocenters. The summed E-state index contributed by atoms with van der Waals surface area (Å²) in [4.78, 5) is 15.5. The lowest BCUT2D eigenvalue weighted by molar-refractivity contribution is -0.925. The lowest BCUT2D eigenvalue weighted by Crippen LogP contribution is -3.18. The van der Waals surface area contributed by atoms with Crippen LogP contribution < -0.4 is 4.90 Å². The van der Waals surface area contributed by atoms with Gasteiger partial charge in [0.15, 0.2) is 9.84 Å². The van der Waals surface area contributed by atoms with Crippen molar-refractivity contribution in [1.82, 2.24) is 4.90 Å². The Labute approximate surface area is 169 Å². The van der Waals surface area contributed by atoms with Gasteiger partial charge in [-0.3, -0.25) is 4.79 Å². The molecule has 0 bridgehead atoms. The highest BCUT2D eigenvalue weighted by Gasteiger charge is 2.37. The molecule has 1 aromatic carbocycles. The lowest BCUT2D eigenvalue weighted by atomic mass is 10.1. The monoisotopic (exact) mass is 419 g/mol. The van der Waals surface area contributed by atoms with Crippen LogP contribution >= 0.6 is 0 Å². The van der Waals surface area contributed by atoms with Crippen molar-refractivity contribution in [3.05, 3.63) is 54.1 Å². The average Bonchev–Trinajstić information content (AvgIpc) is 3.33. The predicted molar refractivity (Wildman–Crippen MR) is 107 cm³/mol. The Balaban J connectivity index is 1.32. The molecule has 2 fully saturated rings. The molecule has 0 aliphatic carbocycles. The molecule has 0 spiro atoms. The summed E-state index contributed by atoms with van der Waals surface area (Å²) in [5, 5.41) is 0. The number of amides is 1. The zero-order chi connectivity index (χ0) is 20.4. The molecule has 1 amide bonds. The van der Waals surface area contributed by atoms with Crippen LogP contribution in [0.25, 0.3) is 17.4 Å². The van der Waals surface area contributed by atoms with Gasteiger partial charge < -0.3 is 14.2 Å². The molecule has 4 rings (SSSR count). The predicted octanol–water partition coefficient (Wildman–Crippen LogP) is 1.01. The van der Waals surface area contributed by atoms with E-state index in [9.17, 15) is 17.6 Å². The first-order chi connectivity index (χ1) is 13.9. The molecule has 1 N–H and O–H groups in total. The van der Waals surface area contributed by atoms with E-state index in [1.807, 2.05) is 0 Å². The molecule has 0 saturated carbocycles. The molecule has 3 heterocycles. The Bertz CT molecular complexity index is 1020. The number of benzene rings is 1. The largest absolute Gasteiger partial charge is 0.457 e. The second-order valence-corrected chi connectivity index (χ2v) is 9.83. The van der Waals surface area contributed by atoms with Crippen LogP contribution in [0.2, 0.25) is 0 Å². The minimum atomic E-state index is -2.88. The van der Waals surface area contributed by atoms with Gasteiger partial charge in [-0.2, -0.15) is 0 Å². The summed E-state index contributed by atoms with van der Waals surface area (Å²) < 4.78 is 42.8. The van der Waals surface area contributed by atoms with Gasteiger partial charge in [-0.25, -0.2) is 12.8 Å². The first kappa shape index (κ1) is 19.8. The molecule has 0 radical (unpaired) electrons. The number of hydrogen-bond acceptors (Lipinski definition) is 4. The summed E-state index contributed by atoms with van der Waals surface area (Å²) in [6.07, 6.45) is 3.78. The van der Waals surface area contributed by atoms with Gasteiger partial charge in [0.2, 0.25) is 5.91 Å². The van der Waals surface area contributed by atoms with Gasteiger partial charge in [0, 0.05) is 12.5 Å². The number of nitrogens with one attached hydrogen (secondary N) is 1. The molecule has 1 aromatic heterocycles. The summed E-state index contributed by atoms with van der Waals surface area (Å²) >= 11 is 0. The molecular formula is C21H24FN2O4S+. The summed E-state index contributed by atoms with van der Waals surface area (Å²) in [6, 6.07) is 9.92. The minimum absolute atomic E-state index is 0.105. The number of hydrogen-bond donors (Lipinski definition) is 1. The SMILES string of the molecule is O=C(/C=C/c1ccc(-c2ccccc2F)o1)N1CC[NH+]([C@H]2CCS(=O)(=O)C2)CC1. The smallest absolute Gasteiger partial charge is 0.247 e. The summed E-state index contributed by atoms with van der Waals surface area (Å²) in [5.41, 5.74) is 0.381. The summed E-state index contributed by atoms with van der Waals surface area (Å²) in [5.74, 6) is 0.982. The lowest BCUT2D eigenvalue weighted by Gasteiger charge is -2.34. The Hall–Kier alpha value is -2.45. The fraction of sp³-hybridized carbons (Fsp3) is 0.381. The van der Waals surface area contributed by atoms with Crippen molar-refractivity contribution in [2.45, 2.75) is 12.5 Å². The summed E-state index contributed by atoms with van der Waals surface area (Å²) in [7, 11) is -2.88. The second kappa shape index (κ2) is 8.12. The molecule has 2 aliphatic heterocycles. The van der Waals surface area contributed by atoms with Gasteiger partial charge in [-0.05, 0) is 30.3 Å². The van der Waals surface area contributed by atoms with Crippen molar-refractivity contribution < 1.29 is 26.9 Å². The van der Waals surface area contributed by atoms with E-state index in [0.29, 0.717) is 36.6 Å². The number of furan rings is 1. The van der Waals surface area contributed by atoms with Crippen LogP contribution in [0.3, 0.4) is 0 Å². The number of sulfone groups is 1. The van der Waals surface area contributed by atoms with Crippen molar-refractivity contribution in [1.29, 1.82) is 0 Å². The van der Waals surface area contributed by atoms with E-state index in [-0.39, 0.29) is 29.3 Å². The van der Waals surface area contributed by atoms with Crippen LogP contribution in [0, 0.1) is 5.82 Å². The third kappa shape index (κ3) is 4.59. The number of quaternary nitrogens is 1. The first-order valence-corrected chi connectivity index (χ1v) is 11.6. The van der Waals surface area contributed by atoms with Crippen LogP contribution in [0.5, 0.6) is 0 Å². The molecule has 6 nitrogen and oxygen atoms in total. The van der Waals surface area contributed by atoms with Crippen molar-refractivity contribution in [2.24, 2.45) is 0 Å². The molecule has 2 saturated heterocycles. The normalized spacial score (nSPS) is 22.4. The molecular weight excluding hydrogens is 395 g/mol. The fourth-order valence-electron chi connectivity index (χ4n) is 4.05. The van der Waals surface area contributed by atoms with E-state index in [0.717, 1.165) is 13.1 Å². The minimum Gasteiger partial charge on any atom is -0.457 e. The van der Waals surface area contributed by atoms with Crippen LogP contribution in [-0.4, -0.2) is 63.0 Å². The second-order valence-electron chi connectivity index (χ2n) is 7.60. The Morgan fingerprint density at radius 3 is 2.62 bits per heavy atom. The number of piperazine rings is 1. The van der Waals surface area contributed by atoms with E-state index in [1.165, 1.54) is 17.0 Å². The van der Waals surface area contributed by atoms with Crippen LogP contribution in [-0.2, 0) is 14.6 Å². The molecule has 1 atom stereocenters. The van der Waals surface area contributed by atoms with Gasteiger partial charge in [-0.15, -0.1) is 0 Å². The van der Waals surface area contributed by atoms with Crippen LogP contribution in [0.4, 0.5) is 4.39 Å². The molecule has 2 aliphatic rings. The van der Waals surface area contributed by atoms with E-state index < -0.39 is 9.84 Å². The van der Waals surface area contributed by atoms with Gasteiger partial charge in [0.1, 0.15) is 29.1 Å². The Kier molecular flexibility index (Phi) is 5.56. The number of nitrogens with zero attached hydrogens (tertiary/aromatic N) is 1. The molecule has 2 aromatic rings. The Morgan fingerprint density at radius 2 is 1.93 bits per heavy atom. The quantitative estimate of drug-likeness (QED) is 0.751. The van der Waals surface area contributed by atoms with Crippen LogP contribution in [0.1, 0.15) is 12.2 Å². The van der Waals surface area contributed by atoms with Crippen molar-refractivity contribution >= 4 is 21.8 Å². The fourth-order valence-corrected chi connectivity index (χ4v) is 5.87.